The maximum absolute atomic E-state index is 13.0. The molecule has 3 aromatic rings. The van der Waals surface area contributed by atoms with Crippen molar-refractivity contribution in [2.24, 2.45) is 0 Å². The Hall–Kier alpha value is -3.19. The molecule has 6 nitrogen and oxygen atoms in total. The number of hydrogen-bond acceptors (Lipinski definition) is 4. The van der Waals surface area contributed by atoms with E-state index in [9.17, 15) is 19.1 Å². The highest BCUT2D eigenvalue weighted by molar-refractivity contribution is 5.81. The lowest BCUT2D eigenvalue weighted by Gasteiger charge is -2.24. The van der Waals surface area contributed by atoms with E-state index in [4.69, 9.17) is 4.74 Å². The number of halogens is 1. The van der Waals surface area contributed by atoms with Crippen molar-refractivity contribution in [1.29, 1.82) is 0 Å². The molecule has 1 amide bonds. The predicted molar refractivity (Wildman–Crippen MR) is 108 cm³/mol. The first-order chi connectivity index (χ1) is 13.8. The summed E-state index contributed by atoms with van der Waals surface area (Å²) in [6, 6.07) is 12.6. The van der Waals surface area contributed by atoms with Crippen molar-refractivity contribution in [3.63, 3.8) is 0 Å². The fourth-order valence-corrected chi connectivity index (χ4v) is 3.06. The number of hydrogen-bond donors (Lipinski definition) is 3. The van der Waals surface area contributed by atoms with Crippen molar-refractivity contribution in [2.75, 3.05) is 13.7 Å². The molecule has 29 heavy (non-hydrogen) atoms. The van der Waals surface area contributed by atoms with Crippen LogP contribution in [0.4, 0.5) is 4.39 Å². The maximum Gasteiger partial charge on any atom is 0.251 e. The second-order valence-electron chi connectivity index (χ2n) is 7.13. The molecule has 1 heterocycles. The van der Waals surface area contributed by atoms with Crippen LogP contribution in [0.2, 0.25) is 0 Å². The molecule has 1 atom stereocenters. The van der Waals surface area contributed by atoms with Crippen LogP contribution in [0.15, 0.2) is 53.3 Å². The SMILES string of the molecule is COc1ccc2cc(CCC(=O)NCC(C)(O)c3ccc(F)cc3)c(=O)[nH]c2c1. The zero-order valence-electron chi connectivity index (χ0n) is 16.3. The van der Waals surface area contributed by atoms with Gasteiger partial charge in [-0.15, -0.1) is 0 Å². The summed E-state index contributed by atoms with van der Waals surface area (Å²) >= 11 is 0. The zero-order valence-corrected chi connectivity index (χ0v) is 16.3. The fourth-order valence-electron chi connectivity index (χ4n) is 3.06. The molecular weight excluding hydrogens is 375 g/mol. The van der Waals surface area contributed by atoms with Gasteiger partial charge in [-0.1, -0.05) is 12.1 Å². The lowest BCUT2D eigenvalue weighted by atomic mass is 9.96. The highest BCUT2D eigenvalue weighted by atomic mass is 19.1. The van der Waals surface area contributed by atoms with Crippen LogP contribution >= 0.6 is 0 Å². The molecule has 7 heteroatoms. The number of carbonyl (C=O) groups is 1. The normalized spacial score (nSPS) is 13.1. The Labute approximate surface area is 167 Å². The van der Waals surface area contributed by atoms with Gasteiger partial charge in [-0.2, -0.15) is 0 Å². The molecule has 0 radical (unpaired) electrons. The number of fused-ring (bicyclic) bond motifs is 1. The minimum absolute atomic E-state index is 0.0225. The number of ether oxygens (including phenoxy) is 1. The quantitative estimate of drug-likeness (QED) is 0.571. The summed E-state index contributed by atoms with van der Waals surface area (Å²) < 4.78 is 18.2. The molecule has 0 spiro atoms. The molecule has 0 saturated carbocycles. The molecule has 1 aromatic heterocycles. The first-order valence-electron chi connectivity index (χ1n) is 9.23. The third-order valence-electron chi connectivity index (χ3n) is 4.85. The number of aromatic nitrogens is 1. The Balaban J connectivity index is 1.61. The number of benzene rings is 2. The van der Waals surface area contributed by atoms with Crippen molar-refractivity contribution < 1.29 is 19.0 Å². The van der Waals surface area contributed by atoms with Gasteiger partial charge in [-0.05, 0) is 54.6 Å². The van der Waals surface area contributed by atoms with E-state index < -0.39 is 11.4 Å². The second-order valence-corrected chi connectivity index (χ2v) is 7.13. The number of carbonyl (C=O) groups excluding carboxylic acids is 1. The Kier molecular flexibility index (Phi) is 5.98. The number of aromatic amines is 1. The number of aryl methyl sites for hydroxylation is 1. The number of amides is 1. The molecular formula is C22H23FN2O4. The van der Waals surface area contributed by atoms with Crippen LogP contribution in [0.25, 0.3) is 10.9 Å². The molecule has 0 fully saturated rings. The van der Waals surface area contributed by atoms with Crippen LogP contribution in [-0.4, -0.2) is 29.7 Å². The van der Waals surface area contributed by atoms with Crippen LogP contribution in [-0.2, 0) is 16.8 Å². The monoisotopic (exact) mass is 398 g/mol. The first kappa shape index (κ1) is 20.5. The van der Waals surface area contributed by atoms with E-state index in [1.807, 2.05) is 6.07 Å². The highest BCUT2D eigenvalue weighted by Crippen LogP contribution is 2.20. The van der Waals surface area contributed by atoms with E-state index in [0.717, 1.165) is 5.39 Å². The van der Waals surface area contributed by atoms with E-state index in [2.05, 4.69) is 10.3 Å². The summed E-state index contributed by atoms with van der Waals surface area (Å²) in [6.07, 6.45) is 0.367. The van der Waals surface area contributed by atoms with Gasteiger partial charge < -0.3 is 20.1 Å². The van der Waals surface area contributed by atoms with Crippen molar-refractivity contribution in [3.05, 3.63) is 75.8 Å². The largest absolute Gasteiger partial charge is 0.497 e. The van der Waals surface area contributed by atoms with Gasteiger partial charge in [-0.3, -0.25) is 9.59 Å². The van der Waals surface area contributed by atoms with Gasteiger partial charge in [0.25, 0.3) is 5.56 Å². The number of pyridine rings is 1. The van der Waals surface area contributed by atoms with Crippen molar-refractivity contribution in [1.82, 2.24) is 10.3 Å². The fraction of sp³-hybridized carbons (Fsp3) is 0.273. The minimum Gasteiger partial charge on any atom is -0.497 e. The lowest BCUT2D eigenvalue weighted by Crippen LogP contribution is -2.38. The van der Waals surface area contributed by atoms with Gasteiger partial charge in [0.15, 0.2) is 0 Å². The van der Waals surface area contributed by atoms with E-state index in [1.165, 1.54) is 24.3 Å². The van der Waals surface area contributed by atoms with Crippen molar-refractivity contribution in [2.45, 2.75) is 25.4 Å². The van der Waals surface area contributed by atoms with Gasteiger partial charge in [-0.25, -0.2) is 4.39 Å². The van der Waals surface area contributed by atoms with E-state index >= 15 is 0 Å². The average molecular weight is 398 g/mol. The standard InChI is InChI=1S/C22H23FN2O4/c1-22(28,16-5-7-17(23)8-6-16)13-24-20(26)10-4-15-11-14-3-9-18(29-2)12-19(14)25-21(15)27/h3,5-9,11-12,28H,4,10,13H2,1-2H3,(H,24,26)(H,25,27). The molecule has 2 aromatic carbocycles. The molecule has 3 rings (SSSR count). The Bertz CT molecular complexity index is 1070. The van der Waals surface area contributed by atoms with Crippen LogP contribution < -0.4 is 15.6 Å². The number of rotatable bonds is 7. The van der Waals surface area contributed by atoms with Crippen LogP contribution in [0, 0.1) is 5.82 Å². The summed E-state index contributed by atoms with van der Waals surface area (Å²) in [6.45, 7) is 1.52. The van der Waals surface area contributed by atoms with Crippen LogP contribution in [0.3, 0.4) is 0 Å². The molecule has 0 aliphatic carbocycles. The molecule has 152 valence electrons. The topological polar surface area (TPSA) is 91.4 Å². The van der Waals surface area contributed by atoms with Gasteiger partial charge in [0, 0.05) is 18.1 Å². The summed E-state index contributed by atoms with van der Waals surface area (Å²) in [5.41, 5.74) is 0.0847. The predicted octanol–water partition coefficient (Wildman–Crippen LogP) is 2.63. The van der Waals surface area contributed by atoms with Crippen LogP contribution in [0.5, 0.6) is 5.75 Å². The Morgan fingerprint density at radius 2 is 1.93 bits per heavy atom. The zero-order chi connectivity index (χ0) is 21.0. The van der Waals surface area contributed by atoms with E-state index in [0.29, 0.717) is 22.4 Å². The summed E-state index contributed by atoms with van der Waals surface area (Å²) in [5, 5.41) is 14.0. The van der Waals surface area contributed by atoms with Gasteiger partial charge in [0.2, 0.25) is 5.91 Å². The third kappa shape index (κ3) is 5.00. The summed E-state index contributed by atoms with van der Waals surface area (Å²) in [7, 11) is 1.56. The number of H-pyrrole nitrogens is 1. The smallest absolute Gasteiger partial charge is 0.251 e. The Morgan fingerprint density at radius 3 is 2.62 bits per heavy atom. The molecule has 3 N–H and O–H groups in total. The molecule has 0 saturated heterocycles. The number of methoxy groups -OCH3 is 1. The van der Waals surface area contributed by atoms with Gasteiger partial charge in [0.1, 0.15) is 17.2 Å². The van der Waals surface area contributed by atoms with Crippen molar-refractivity contribution >= 4 is 16.8 Å². The van der Waals surface area contributed by atoms with Gasteiger partial charge >= 0.3 is 0 Å². The molecule has 0 bridgehead atoms. The number of nitrogens with one attached hydrogen (secondary N) is 2. The molecule has 0 aliphatic heterocycles. The third-order valence-corrected chi connectivity index (χ3v) is 4.85. The summed E-state index contributed by atoms with van der Waals surface area (Å²) in [5.74, 6) is -0.0391. The second kappa shape index (κ2) is 8.45. The summed E-state index contributed by atoms with van der Waals surface area (Å²) in [4.78, 5) is 27.3. The lowest BCUT2D eigenvalue weighted by molar-refractivity contribution is -0.122. The Morgan fingerprint density at radius 1 is 1.21 bits per heavy atom. The van der Waals surface area contributed by atoms with E-state index in [1.54, 1.807) is 32.2 Å². The molecule has 0 aliphatic rings. The van der Waals surface area contributed by atoms with E-state index in [-0.39, 0.29) is 30.9 Å². The average Bonchev–Trinajstić information content (AvgIpc) is 2.70. The first-order valence-corrected chi connectivity index (χ1v) is 9.23. The van der Waals surface area contributed by atoms with Crippen molar-refractivity contribution in [3.8, 4) is 5.75 Å². The number of aliphatic hydroxyl groups is 1. The van der Waals surface area contributed by atoms with Gasteiger partial charge in [0.05, 0.1) is 19.2 Å². The molecule has 1 unspecified atom stereocenters. The maximum atomic E-state index is 13.0. The minimum atomic E-state index is -1.33. The highest BCUT2D eigenvalue weighted by Gasteiger charge is 2.23. The van der Waals surface area contributed by atoms with Crippen LogP contribution in [0.1, 0.15) is 24.5 Å².